The van der Waals surface area contributed by atoms with Gasteiger partial charge < -0.3 is 5.11 Å². The molecule has 0 radical (unpaired) electrons. The first-order valence-corrected chi connectivity index (χ1v) is 5.94. The molecule has 0 aliphatic carbocycles. The van der Waals surface area contributed by atoms with Crippen LogP contribution in [0, 0.1) is 6.92 Å². The maximum atomic E-state index is 11.5. The zero-order valence-electron chi connectivity index (χ0n) is 10.3. The van der Waals surface area contributed by atoms with Crippen LogP contribution in [0.25, 0.3) is 0 Å². The molecule has 0 bridgehead atoms. The average molecular weight is 244 g/mol. The topological polar surface area (TPSA) is 55.1 Å². The fourth-order valence-electron chi connectivity index (χ4n) is 1.80. The summed E-state index contributed by atoms with van der Waals surface area (Å²) in [5.74, 6) is 0. The SMILES string of the molecule is Cc1ccc(=O)n(CCC(O)c2ccccc2)n1. The second-order valence-corrected chi connectivity index (χ2v) is 4.25. The van der Waals surface area contributed by atoms with E-state index < -0.39 is 6.10 Å². The summed E-state index contributed by atoms with van der Waals surface area (Å²) in [4.78, 5) is 11.5. The number of aliphatic hydroxyl groups is 1. The summed E-state index contributed by atoms with van der Waals surface area (Å²) in [6, 6.07) is 12.6. The minimum Gasteiger partial charge on any atom is -0.388 e. The van der Waals surface area contributed by atoms with Crippen LogP contribution in [-0.4, -0.2) is 14.9 Å². The smallest absolute Gasteiger partial charge is 0.266 e. The third kappa shape index (κ3) is 3.05. The Kier molecular flexibility index (Phi) is 3.89. The lowest BCUT2D eigenvalue weighted by atomic mass is 10.1. The van der Waals surface area contributed by atoms with Gasteiger partial charge in [0.15, 0.2) is 0 Å². The molecule has 1 unspecified atom stereocenters. The van der Waals surface area contributed by atoms with E-state index in [1.54, 1.807) is 6.07 Å². The van der Waals surface area contributed by atoms with E-state index in [0.29, 0.717) is 13.0 Å². The molecule has 94 valence electrons. The van der Waals surface area contributed by atoms with E-state index in [1.165, 1.54) is 10.7 Å². The summed E-state index contributed by atoms with van der Waals surface area (Å²) in [5, 5.41) is 14.1. The van der Waals surface area contributed by atoms with Crippen LogP contribution in [0.4, 0.5) is 0 Å². The van der Waals surface area contributed by atoms with Crippen molar-refractivity contribution in [3.63, 3.8) is 0 Å². The predicted octanol–water partition coefficient (Wildman–Crippen LogP) is 1.68. The van der Waals surface area contributed by atoms with Crippen molar-refractivity contribution in [2.45, 2.75) is 26.0 Å². The minimum atomic E-state index is -0.569. The largest absolute Gasteiger partial charge is 0.388 e. The summed E-state index contributed by atoms with van der Waals surface area (Å²) in [6.45, 7) is 2.25. The molecule has 0 saturated carbocycles. The Balaban J connectivity index is 2.04. The first kappa shape index (κ1) is 12.5. The number of nitrogens with zero attached hydrogens (tertiary/aromatic N) is 2. The molecule has 4 heteroatoms. The van der Waals surface area contributed by atoms with E-state index in [4.69, 9.17) is 0 Å². The van der Waals surface area contributed by atoms with Gasteiger partial charge in [0.25, 0.3) is 5.56 Å². The number of benzene rings is 1. The highest BCUT2D eigenvalue weighted by Gasteiger charge is 2.07. The Morgan fingerprint density at radius 3 is 2.67 bits per heavy atom. The third-order valence-corrected chi connectivity index (χ3v) is 2.80. The van der Waals surface area contributed by atoms with Crippen LogP contribution >= 0.6 is 0 Å². The van der Waals surface area contributed by atoms with Gasteiger partial charge in [-0.3, -0.25) is 4.79 Å². The number of aromatic nitrogens is 2. The van der Waals surface area contributed by atoms with Gasteiger partial charge in [0, 0.05) is 12.6 Å². The van der Waals surface area contributed by atoms with Crippen LogP contribution in [0.5, 0.6) is 0 Å². The fraction of sp³-hybridized carbons (Fsp3) is 0.286. The van der Waals surface area contributed by atoms with Gasteiger partial charge in [-0.1, -0.05) is 30.3 Å². The summed E-state index contributed by atoms with van der Waals surface area (Å²) in [6.07, 6.45) is -0.0965. The van der Waals surface area contributed by atoms with E-state index >= 15 is 0 Å². The van der Waals surface area contributed by atoms with Crippen LogP contribution < -0.4 is 5.56 Å². The van der Waals surface area contributed by atoms with Gasteiger partial charge in [-0.25, -0.2) is 4.68 Å². The van der Waals surface area contributed by atoms with Gasteiger partial charge in [-0.15, -0.1) is 0 Å². The molecule has 0 spiro atoms. The van der Waals surface area contributed by atoms with Crippen molar-refractivity contribution in [1.82, 2.24) is 9.78 Å². The molecule has 0 saturated heterocycles. The molecule has 1 atom stereocenters. The lowest BCUT2D eigenvalue weighted by molar-refractivity contribution is 0.158. The quantitative estimate of drug-likeness (QED) is 0.890. The molecule has 0 amide bonds. The van der Waals surface area contributed by atoms with E-state index in [9.17, 15) is 9.90 Å². The van der Waals surface area contributed by atoms with Crippen molar-refractivity contribution in [3.05, 3.63) is 64.1 Å². The van der Waals surface area contributed by atoms with Crippen LogP contribution in [0.3, 0.4) is 0 Å². The minimum absolute atomic E-state index is 0.138. The fourth-order valence-corrected chi connectivity index (χ4v) is 1.80. The number of aryl methyl sites for hydroxylation is 2. The highest BCUT2D eigenvalue weighted by atomic mass is 16.3. The lowest BCUT2D eigenvalue weighted by Gasteiger charge is -2.11. The first-order chi connectivity index (χ1) is 8.66. The molecule has 2 rings (SSSR count). The molecule has 18 heavy (non-hydrogen) atoms. The monoisotopic (exact) mass is 244 g/mol. The predicted molar refractivity (Wildman–Crippen MR) is 69.3 cm³/mol. The molecule has 1 aromatic heterocycles. The second kappa shape index (κ2) is 5.60. The van der Waals surface area contributed by atoms with Gasteiger partial charge in [0.1, 0.15) is 0 Å². The number of rotatable bonds is 4. The number of aliphatic hydroxyl groups excluding tert-OH is 1. The van der Waals surface area contributed by atoms with Crippen molar-refractivity contribution in [2.24, 2.45) is 0 Å². The van der Waals surface area contributed by atoms with Gasteiger partial charge in [0.05, 0.1) is 11.8 Å². The highest BCUT2D eigenvalue weighted by molar-refractivity contribution is 5.17. The van der Waals surface area contributed by atoms with Gasteiger partial charge >= 0.3 is 0 Å². The maximum absolute atomic E-state index is 11.5. The van der Waals surface area contributed by atoms with Crippen LogP contribution in [-0.2, 0) is 6.54 Å². The lowest BCUT2D eigenvalue weighted by Crippen LogP contribution is -2.23. The normalized spacial score (nSPS) is 12.3. The molecular weight excluding hydrogens is 228 g/mol. The summed E-state index contributed by atoms with van der Waals surface area (Å²) in [5.41, 5.74) is 1.52. The number of hydrogen-bond donors (Lipinski definition) is 1. The van der Waals surface area contributed by atoms with Crippen molar-refractivity contribution in [1.29, 1.82) is 0 Å². The average Bonchev–Trinajstić information content (AvgIpc) is 2.40. The Bertz CT molecular complexity index is 564. The highest BCUT2D eigenvalue weighted by Crippen LogP contribution is 2.15. The van der Waals surface area contributed by atoms with Crippen molar-refractivity contribution in [3.8, 4) is 0 Å². The van der Waals surface area contributed by atoms with E-state index in [-0.39, 0.29) is 5.56 Å². The Morgan fingerprint density at radius 1 is 1.22 bits per heavy atom. The van der Waals surface area contributed by atoms with Gasteiger partial charge in [-0.05, 0) is 25.0 Å². The second-order valence-electron chi connectivity index (χ2n) is 4.25. The number of hydrogen-bond acceptors (Lipinski definition) is 3. The Morgan fingerprint density at radius 2 is 1.94 bits per heavy atom. The standard InChI is InChI=1S/C14H16N2O2/c1-11-7-8-14(18)16(15-11)10-9-13(17)12-5-3-2-4-6-12/h2-8,13,17H,9-10H2,1H3. The Hall–Kier alpha value is -1.94. The van der Waals surface area contributed by atoms with Crippen LogP contribution in [0.1, 0.15) is 23.8 Å². The van der Waals surface area contributed by atoms with Crippen molar-refractivity contribution < 1.29 is 5.11 Å². The molecule has 0 aliphatic heterocycles. The van der Waals surface area contributed by atoms with E-state index in [1.807, 2.05) is 37.3 Å². The van der Waals surface area contributed by atoms with Crippen molar-refractivity contribution >= 4 is 0 Å². The first-order valence-electron chi connectivity index (χ1n) is 5.94. The zero-order chi connectivity index (χ0) is 13.0. The third-order valence-electron chi connectivity index (χ3n) is 2.80. The molecule has 1 aromatic carbocycles. The van der Waals surface area contributed by atoms with Crippen molar-refractivity contribution in [2.75, 3.05) is 0 Å². The van der Waals surface area contributed by atoms with E-state index in [0.717, 1.165) is 11.3 Å². The van der Waals surface area contributed by atoms with Gasteiger partial charge in [-0.2, -0.15) is 5.10 Å². The summed E-state index contributed by atoms with van der Waals surface area (Å²) in [7, 11) is 0. The van der Waals surface area contributed by atoms with Gasteiger partial charge in [0.2, 0.25) is 0 Å². The molecule has 0 aliphatic rings. The van der Waals surface area contributed by atoms with Crippen LogP contribution in [0.15, 0.2) is 47.3 Å². The molecule has 4 nitrogen and oxygen atoms in total. The van der Waals surface area contributed by atoms with E-state index in [2.05, 4.69) is 5.10 Å². The van der Waals surface area contributed by atoms with Crippen LogP contribution in [0.2, 0.25) is 0 Å². The maximum Gasteiger partial charge on any atom is 0.266 e. The Labute approximate surface area is 106 Å². The summed E-state index contributed by atoms with van der Waals surface area (Å²) < 4.78 is 1.39. The molecule has 0 fully saturated rings. The molecule has 1 N–H and O–H groups in total. The molecule has 1 heterocycles. The molecular formula is C14H16N2O2. The summed E-state index contributed by atoms with van der Waals surface area (Å²) >= 11 is 0. The molecule has 2 aromatic rings. The zero-order valence-corrected chi connectivity index (χ0v) is 10.3.